The summed E-state index contributed by atoms with van der Waals surface area (Å²) in [6.07, 6.45) is 1.08. The van der Waals surface area contributed by atoms with Gasteiger partial charge in [0.05, 0.1) is 33.7 Å². The number of nitrogens with zero attached hydrogens (tertiary/aromatic N) is 1. The van der Waals surface area contributed by atoms with Gasteiger partial charge >= 0.3 is 5.97 Å². The van der Waals surface area contributed by atoms with Crippen LogP contribution in [0.4, 0.5) is 0 Å². The Morgan fingerprint density at radius 1 is 1.28 bits per heavy atom. The van der Waals surface area contributed by atoms with Gasteiger partial charge in [0.2, 0.25) is 11.8 Å². The van der Waals surface area contributed by atoms with Gasteiger partial charge in [0, 0.05) is 0 Å². The van der Waals surface area contributed by atoms with Crippen LogP contribution in [0.5, 0.6) is 0 Å². The minimum absolute atomic E-state index is 0.0108. The van der Waals surface area contributed by atoms with Crippen LogP contribution in [-0.2, 0) is 14.4 Å². The second-order valence-corrected chi connectivity index (χ2v) is 4.48. The molecule has 0 radical (unpaired) electrons. The molecule has 18 heavy (non-hydrogen) atoms. The summed E-state index contributed by atoms with van der Waals surface area (Å²) in [7, 11) is 3.53. The smallest absolute Gasteiger partial charge is 0.359 e. The van der Waals surface area contributed by atoms with Crippen molar-refractivity contribution in [3.8, 4) is 0 Å². The molecule has 0 aliphatic carbocycles. The molecule has 0 aromatic heterocycles. The molecule has 0 saturated heterocycles. The Balaban J connectivity index is 3.83. The molecule has 3 N–H and O–H groups in total. The topological polar surface area (TPSA) is 95.5 Å². The highest BCUT2D eigenvalue weighted by Gasteiger charge is 2.19. The zero-order valence-corrected chi connectivity index (χ0v) is 10.7. The van der Waals surface area contributed by atoms with Gasteiger partial charge in [0.1, 0.15) is 0 Å². The number of aliphatic carboxylic acids is 1. The molecule has 0 saturated carbocycles. The van der Waals surface area contributed by atoms with Crippen LogP contribution in [0.1, 0.15) is 0 Å². The van der Waals surface area contributed by atoms with E-state index in [1.165, 1.54) is 0 Å². The minimum Gasteiger partial charge on any atom is -0.477 e. The predicted molar refractivity (Wildman–Crippen MR) is 65.7 cm³/mol. The van der Waals surface area contributed by atoms with Gasteiger partial charge in [-0.3, -0.25) is 9.59 Å². The van der Waals surface area contributed by atoms with E-state index in [2.05, 4.69) is 17.2 Å². The first-order valence-electron chi connectivity index (χ1n) is 5.47. The molecule has 0 aromatic carbocycles. The van der Waals surface area contributed by atoms with Gasteiger partial charge in [-0.2, -0.15) is 0 Å². The quantitative estimate of drug-likeness (QED) is 0.367. The number of quaternary nitrogens is 1. The molecule has 0 rings (SSSR count). The molecule has 0 spiro atoms. The summed E-state index contributed by atoms with van der Waals surface area (Å²) < 4.78 is 0.272. The van der Waals surface area contributed by atoms with E-state index in [-0.39, 0.29) is 23.5 Å². The number of hydrogen-bond acceptors (Lipinski definition) is 3. The van der Waals surface area contributed by atoms with Crippen LogP contribution in [0.15, 0.2) is 12.7 Å². The van der Waals surface area contributed by atoms with Gasteiger partial charge < -0.3 is 20.2 Å². The van der Waals surface area contributed by atoms with Gasteiger partial charge in [0.25, 0.3) is 0 Å². The number of carboxylic acids is 1. The van der Waals surface area contributed by atoms with E-state index in [4.69, 9.17) is 5.11 Å². The van der Waals surface area contributed by atoms with Gasteiger partial charge in [-0.1, -0.05) is 6.58 Å². The standard InChI is InChI=1S/C11H19N3O4/c1-4-9(15)13-7-10(16)12-5-6-14(2,3)8-11(17)18/h4H,1,5-8H2,2-3H3,(H2-,12,13,15,16,17,18)/p+1. The maximum atomic E-state index is 11.3. The Kier molecular flexibility index (Phi) is 6.66. The number of amides is 2. The highest BCUT2D eigenvalue weighted by atomic mass is 16.4. The average Bonchev–Trinajstić information content (AvgIpc) is 2.23. The Morgan fingerprint density at radius 3 is 2.39 bits per heavy atom. The molecule has 0 atom stereocenters. The predicted octanol–water partition coefficient (Wildman–Crippen LogP) is -1.43. The van der Waals surface area contributed by atoms with Gasteiger partial charge in [-0.05, 0) is 6.08 Å². The van der Waals surface area contributed by atoms with Crippen molar-refractivity contribution in [2.24, 2.45) is 0 Å². The van der Waals surface area contributed by atoms with Crippen molar-refractivity contribution < 1.29 is 24.0 Å². The highest BCUT2D eigenvalue weighted by molar-refractivity contribution is 5.90. The summed E-state index contributed by atoms with van der Waals surface area (Å²) in [5.41, 5.74) is 0. The van der Waals surface area contributed by atoms with E-state index in [1.807, 2.05) is 0 Å². The van der Waals surface area contributed by atoms with Crippen molar-refractivity contribution in [2.45, 2.75) is 0 Å². The summed E-state index contributed by atoms with van der Waals surface area (Å²) in [6, 6.07) is 0. The fourth-order valence-corrected chi connectivity index (χ4v) is 1.25. The molecule has 0 aliphatic heterocycles. The fraction of sp³-hybridized carbons (Fsp3) is 0.545. The lowest BCUT2D eigenvalue weighted by atomic mass is 10.4. The lowest BCUT2D eigenvalue weighted by Crippen LogP contribution is -2.49. The summed E-state index contributed by atoms with van der Waals surface area (Å²) in [6.45, 7) is 3.98. The minimum atomic E-state index is -0.885. The van der Waals surface area contributed by atoms with Crippen LogP contribution in [-0.4, -0.2) is 67.6 Å². The zero-order valence-electron chi connectivity index (χ0n) is 10.7. The molecule has 102 valence electrons. The summed E-state index contributed by atoms with van der Waals surface area (Å²) in [5, 5.41) is 13.6. The molecule has 2 amide bonds. The lowest BCUT2D eigenvalue weighted by Gasteiger charge is -2.27. The van der Waals surface area contributed by atoms with Crippen LogP contribution in [0.2, 0.25) is 0 Å². The molecular formula is C11H20N3O4+. The number of rotatable bonds is 8. The van der Waals surface area contributed by atoms with E-state index in [1.54, 1.807) is 14.1 Å². The maximum Gasteiger partial charge on any atom is 0.359 e. The van der Waals surface area contributed by atoms with E-state index in [9.17, 15) is 14.4 Å². The third kappa shape index (κ3) is 8.28. The van der Waals surface area contributed by atoms with E-state index < -0.39 is 11.9 Å². The second kappa shape index (κ2) is 7.44. The van der Waals surface area contributed by atoms with Gasteiger partial charge in [-0.25, -0.2) is 4.79 Å². The number of nitrogens with one attached hydrogen (secondary N) is 2. The molecule has 7 nitrogen and oxygen atoms in total. The van der Waals surface area contributed by atoms with Crippen molar-refractivity contribution in [3.63, 3.8) is 0 Å². The molecule has 0 aliphatic rings. The fourth-order valence-electron chi connectivity index (χ4n) is 1.25. The van der Waals surface area contributed by atoms with Gasteiger partial charge in [0.15, 0.2) is 6.54 Å². The molecule has 0 bridgehead atoms. The Labute approximate surface area is 106 Å². The molecule has 0 unspecified atom stereocenters. The second-order valence-electron chi connectivity index (χ2n) is 4.48. The molecule has 0 heterocycles. The van der Waals surface area contributed by atoms with E-state index in [0.29, 0.717) is 13.1 Å². The normalized spacial score (nSPS) is 10.6. The molecule has 0 aromatic rings. The first-order chi connectivity index (χ1) is 8.26. The van der Waals surface area contributed by atoms with Crippen molar-refractivity contribution in [1.29, 1.82) is 0 Å². The zero-order chi connectivity index (χ0) is 14.2. The lowest BCUT2D eigenvalue weighted by molar-refractivity contribution is -0.881. The first-order valence-corrected chi connectivity index (χ1v) is 5.47. The number of carboxylic acid groups (broad SMARTS) is 1. The SMILES string of the molecule is C=CC(=O)NCC(=O)NCC[N+](C)(C)CC(=O)O. The van der Waals surface area contributed by atoms with Crippen LogP contribution >= 0.6 is 0 Å². The Morgan fingerprint density at radius 2 is 1.89 bits per heavy atom. The number of carbonyl (C=O) groups excluding carboxylic acids is 2. The molecule has 0 fully saturated rings. The average molecular weight is 258 g/mol. The number of hydrogen-bond donors (Lipinski definition) is 3. The largest absolute Gasteiger partial charge is 0.477 e. The van der Waals surface area contributed by atoms with Crippen LogP contribution in [0.25, 0.3) is 0 Å². The summed E-state index contributed by atoms with van der Waals surface area (Å²) >= 11 is 0. The highest BCUT2D eigenvalue weighted by Crippen LogP contribution is 1.94. The van der Waals surface area contributed by atoms with Crippen LogP contribution in [0.3, 0.4) is 0 Å². The Bertz CT molecular complexity index is 339. The van der Waals surface area contributed by atoms with Crippen molar-refractivity contribution in [2.75, 3.05) is 40.3 Å². The maximum absolute atomic E-state index is 11.3. The third-order valence-electron chi connectivity index (χ3n) is 2.21. The summed E-state index contributed by atoms with van der Waals surface area (Å²) in [5.74, 6) is -1.61. The van der Waals surface area contributed by atoms with Crippen LogP contribution < -0.4 is 10.6 Å². The molecule has 7 heteroatoms. The van der Waals surface area contributed by atoms with Crippen molar-refractivity contribution >= 4 is 17.8 Å². The van der Waals surface area contributed by atoms with E-state index >= 15 is 0 Å². The van der Waals surface area contributed by atoms with Crippen molar-refractivity contribution in [1.82, 2.24) is 10.6 Å². The van der Waals surface area contributed by atoms with Gasteiger partial charge in [-0.15, -0.1) is 0 Å². The number of likely N-dealkylation sites (N-methyl/N-ethyl adjacent to an activating group) is 1. The van der Waals surface area contributed by atoms with Crippen molar-refractivity contribution in [3.05, 3.63) is 12.7 Å². The first kappa shape index (κ1) is 16.1. The Hall–Kier alpha value is -1.89. The third-order valence-corrected chi connectivity index (χ3v) is 2.21. The number of carbonyl (C=O) groups is 3. The summed E-state index contributed by atoms with van der Waals surface area (Å²) in [4.78, 5) is 32.6. The molecular weight excluding hydrogens is 238 g/mol. The van der Waals surface area contributed by atoms with E-state index in [0.717, 1.165) is 6.08 Å². The monoisotopic (exact) mass is 258 g/mol. The van der Waals surface area contributed by atoms with Crippen LogP contribution in [0, 0.1) is 0 Å².